The molecule has 2 unspecified atom stereocenters. The highest BCUT2D eigenvalue weighted by Crippen LogP contribution is 2.38. The number of urea groups is 1. The first kappa shape index (κ1) is 25.2. The number of nitrogens with zero attached hydrogens (tertiary/aromatic N) is 2. The Kier molecular flexibility index (Phi) is 6.27. The van der Waals surface area contributed by atoms with E-state index < -0.39 is 39.6 Å². The number of amides is 3. The van der Waals surface area contributed by atoms with Gasteiger partial charge in [0.1, 0.15) is 6.54 Å². The van der Waals surface area contributed by atoms with Crippen molar-refractivity contribution in [2.45, 2.75) is 24.0 Å². The highest BCUT2D eigenvalue weighted by Gasteiger charge is 2.45. The fourth-order valence-corrected chi connectivity index (χ4v) is 5.24. The quantitative estimate of drug-likeness (QED) is 0.563. The van der Waals surface area contributed by atoms with Crippen molar-refractivity contribution < 1.29 is 36.2 Å². The van der Waals surface area contributed by atoms with Crippen LogP contribution >= 0.6 is 0 Å². The molecule has 188 valence electrons. The van der Waals surface area contributed by atoms with Gasteiger partial charge in [0.25, 0.3) is 5.91 Å². The highest BCUT2D eigenvalue weighted by atomic mass is 32.2. The van der Waals surface area contributed by atoms with Crippen molar-refractivity contribution in [1.82, 2.24) is 10.7 Å². The second-order valence-corrected chi connectivity index (χ2v) is 10.3. The number of sulfone groups is 1. The van der Waals surface area contributed by atoms with E-state index in [0.717, 1.165) is 35.4 Å². The summed E-state index contributed by atoms with van der Waals surface area (Å²) in [4.78, 5) is 27.3. The number of likely N-dealkylation sites (N-methyl/N-ethyl adjacent to an activating group) is 1. The molecule has 2 atom stereocenters. The average molecular weight is 521 g/mol. The molecular formula is C23H21F3N5O4S+. The van der Waals surface area contributed by atoms with E-state index >= 15 is 0 Å². The van der Waals surface area contributed by atoms with Crippen molar-refractivity contribution in [3.8, 4) is 6.07 Å². The second kappa shape index (κ2) is 8.96. The maximum absolute atomic E-state index is 13.4. The zero-order chi connectivity index (χ0) is 26.4. The molecule has 3 amide bonds. The molecule has 4 rings (SSSR count). The number of carbonyl (C=O) groups is 2. The van der Waals surface area contributed by atoms with Crippen LogP contribution in [0.3, 0.4) is 0 Å². The molecule has 2 heterocycles. The van der Waals surface area contributed by atoms with Gasteiger partial charge < -0.3 is 5.32 Å². The number of alkyl halides is 3. The maximum atomic E-state index is 13.4. The zero-order valence-corrected chi connectivity index (χ0v) is 19.9. The molecule has 2 aromatic rings. The van der Waals surface area contributed by atoms with Gasteiger partial charge in [0, 0.05) is 6.26 Å². The summed E-state index contributed by atoms with van der Waals surface area (Å²) in [7, 11) is -3.89. The highest BCUT2D eigenvalue weighted by molar-refractivity contribution is 7.90. The Bertz CT molecular complexity index is 1450. The van der Waals surface area contributed by atoms with Crippen molar-refractivity contribution >= 4 is 27.5 Å². The Morgan fingerprint density at radius 3 is 2.53 bits per heavy atom. The van der Waals surface area contributed by atoms with E-state index in [1.807, 2.05) is 6.07 Å². The van der Waals surface area contributed by atoms with Gasteiger partial charge in [-0.05, 0) is 42.8 Å². The van der Waals surface area contributed by atoms with E-state index in [4.69, 9.17) is 0 Å². The molecule has 36 heavy (non-hydrogen) atoms. The van der Waals surface area contributed by atoms with Gasteiger partial charge in [0.2, 0.25) is 0 Å². The number of nitrogens with one attached hydrogen (secondary N) is 3. The number of rotatable bonds is 4. The van der Waals surface area contributed by atoms with Crippen molar-refractivity contribution in [1.29, 1.82) is 5.26 Å². The maximum Gasteiger partial charge on any atom is 0.416 e. The normalized spacial score (nSPS) is 20.4. The molecule has 0 saturated heterocycles. The van der Waals surface area contributed by atoms with Gasteiger partial charge in [-0.15, -0.1) is 0 Å². The van der Waals surface area contributed by atoms with Crippen LogP contribution < -0.4 is 20.7 Å². The lowest BCUT2D eigenvalue weighted by Crippen LogP contribution is -3.20. The fourth-order valence-electron chi connectivity index (χ4n) is 4.29. The number of anilines is 1. The van der Waals surface area contributed by atoms with Gasteiger partial charge in [0.15, 0.2) is 9.84 Å². The number of hydrogen-bond donors (Lipinski definition) is 3. The third kappa shape index (κ3) is 4.52. The summed E-state index contributed by atoms with van der Waals surface area (Å²) in [5.74, 6) is -0.612. The van der Waals surface area contributed by atoms with E-state index in [-0.39, 0.29) is 39.5 Å². The number of benzene rings is 2. The summed E-state index contributed by atoms with van der Waals surface area (Å²) in [6, 6.07) is 7.83. The van der Waals surface area contributed by atoms with Crippen LogP contribution in [-0.2, 0) is 20.8 Å². The fraction of sp³-hybridized carbons (Fsp3) is 0.261. The van der Waals surface area contributed by atoms with Crippen LogP contribution in [0.2, 0.25) is 0 Å². The molecule has 0 aromatic heterocycles. The van der Waals surface area contributed by atoms with Gasteiger partial charge in [-0.1, -0.05) is 12.1 Å². The van der Waals surface area contributed by atoms with Gasteiger partial charge in [-0.25, -0.2) is 18.2 Å². The number of quaternary nitrogens is 1. The minimum atomic E-state index is -4.65. The summed E-state index contributed by atoms with van der Waals surface area (Å²) in [5, 5.41) is 12.4. The van der Waals surface area contributed by atoms with Gasteiger partial charge in [-0.3, -0.25) is 9.69 Å². The van der Waals surface area contributed by atoms with Crippen molar-refractivity contribution in [2.75, 3.05) is 24.2 Å². The molecule has 9 nitrogen and oxygen atoms in total. The molecule has 0 aliphatic carbocycles. The first-order valence-corrected chi connectivity index (χ1v) is 12.6. The minimum Gasteiger partial charge on any atom is -0.326 e. The van der Waals surface area contributed by atoms with Crippen LogP contribution in [0.15, 0.2) is 58.6 Å². The standard InChI is InChI=1S/C23H20F3N5O4S/c1-3-30-12-17-19(21(32)29-30)20(16-8-7-13(11-27)9-18(16)36(2,34)35)28-22(33)31(17)15-6-4-5-14(10-15)23(24,25)26/h4-10,20H,3,12H2,1-2H3,(H,28,33)(H,29,32)/p+1. The average Bonchev–Trinajstić information content (AvgIpc) is 2.81. The summed E-state index contributed by atoms with van der Waals surface area (Å²) >= 11 is 0. The van der Waals surface area contributed by atoms with Gasteiger partial charge >= 0.3 is 12.2 Å². The van der Waals surface area contributed by atoms with Crippen molar-refractivity contribution in [3.63, 3.8) is 0 Å². The van der Waals surface area contributed by atoms with Crippen LogP contribution in [0.5, 0.6) is 0 Å². The molecule has 3 N–H and O–H groups in total. The van der Waals surface area contributed by atoms with Crippen LogP contribution in [0.1, 0.15) is 29.7 Å². The van der Waals surface area contributed by atoms with Crippen molar-refractivity contribution in [3.05, 3.63) is 70.4 Å². The molecule has 0 saturated carbocycles. The monoisotopic (exact) mass is 520 g/mol. The third-order valence-corrected chi connectivity index (χ3v) is 7.12. The molecule has 2 aliphatic rings. The second-order valence-electron chi connectivity index (χ2n) is 8.35. The Balaban J connectivity index is 1.95. The number of nitriles is 1. The first-order chi connectivity index (χ1) is 16.8. The van der Waals surface area contributed by atoms with Crippen LogP contribution in [0.25, 0.3) is 0 Å². The Labute approximate surface area is 204 Å². The van der Waals surface area contributed by atoms with Crippen LogP contribution in [0.4, 0.5) is 23.7 Å². The van der Waals surface area contributed by atoms with Crippen LogP contribution in [-0.4, -0.2) is 39.7 Å². The lowest BCUT2D eigenvalue weighted by atomic mass is 9.92. The van der Waals surface area contributed by atoms with Gasteiger partial charge in [-0.2, -0.15) is 23.9 Å². The molecule has 0 fully saturated rings. The van der Waals surface area contributed by atoms with E-state index in [2.05, 4.69) is 10.7 Å². The van der Waals surface area contributed by atoms with Gasteiger partial charge in [0.05, 0.1) is 51.6 Å². The minimum absolute atomic E-state index is 0.00109. The third-order valence-electron chi connectivity index (χ3n) is 5.97. The summed E-state index contributed by atoms with van der Waals surface area (Å²) in [6.07, 6.45) is -3.72. The van der Waals surface area contributed by atoms with E-state index in [1.165, 1.54) is 18.2 Å². The van der Waals surface area contributed by atoms with E-state index in [1.54, 1.807) is 6.92 Å². The zero-order valence-electron chi connectivity index (χ0n) is 19.1. The van der Waals surface area contributed by atoms with Crippen LogP contribution in [0, 0.1) is 11.3 Å². The number of hydrogen-bond acceptors (Lipinski definition) is 5. The summed E-state index contributed by atoms with van der Waals surface area (Å²) in [5.41, 5.74) is 1.94. The van der Waals surface area contributed by atoms with Crippen molar-refractivity contribution in [2.24, 2.45) is 0 Å². The largest absolute Gasteiger partial charge is 0.416 e. The number of halogens is 3. The predicted octanol–water partition coefficient (Wildman–Crippen LogP) is 1.46. The Morgan fingerprint density at radius 2 is 1.92 bits per heavy atom. The smallest absolute Gasteiger partial charge is 0.326 e. The molecule has 2 aromatic carbocycles. The van der Waals surface area contributed by atoms with E-state index in [9.17, 15) is 36.4 Å². The molecule has 0 radical (unpaired) electrons. The Hall–Kier alpha value is -3.89. The Morgan fingerprint density at radius 1 is 1.19 bits per heavy atom. The predicted molar refractivity (Wildman–Crippen MR) is 121 cm³/mol. The summed E-state index contributed by atoms with van der Waals surface area (Å²) < 4.78 is 65.2. The lowest BCUT2D eigenvalue weighted by molar-refractivity contribution is -0.931. The molecular weight excluding hydrogens is 499 g/mol. The molecule has 0 bridgehead atoms. The number of carbonyl (C=O) groups excluding carboxylic acids is 2. The van der Waals surface area contributed by atoms with E-state index in [0.29, 0.717) is 11.6 Å². The molecule has 13 heteroatoms. The first-order valence-electron chi connectivity index (χ1n) is 10.8. The lowest BCUT2D eigenvalue weighted by Gasteiger charge is -2.40. The molecule has 2 aliphatic heterocycles. The summed E-state index contributed by atoms with van der Waals surface area (Å²) in [6.45, 7) is 2.25. The SMILES string of the molecule is CC[NH+]1CC2=C(C(=O)N1)C(c1ccc(C#N)cc1S(C)(=O)=O)NC(=O)N2c1cccc(C(F)(F)F)c1. The topological polar surface area (TPSA) is 124 Å². The molecule has 0 spiro atoms.